The number of nitrogens with one attached hydrogen (secondary N) is 1. The summed E-state index contributed by atoms with van der Waals surface area (Å²) >= 11 is 2.80. The van der Waals surface area contributed by atoms with Crippen LogP contribution in [0.2, 0.25) is 0 Å². The molecule has 3 N–H and O–H groups in total. The SMILES string of the molecule is Cc1nc(NC(=O)c2sc3cnccc3c2N)sc1C. The fourth-order valence-electron chi connectivity index (χ4n) is 1.82. The van der Waals surface area contributed by atoms with Crippen molar-refractivity contribution >= 4 is 49.5 Å². The number of anilines is 2. The molecular weight excluding hydrogens is 292 g/mol. The van der Waals surface area contributed by atoms with Crippen LogP contribution in [0.5, 0.6) is 0 Å². The number of thiazole rings is 1. The number of pyridine rings is 1. The molecule has 20 heavy (non-hydrogen) atoms. The van der Waals surface area contributed by atoms with Gasteiger partial charge >= 0.3 is 0 Å². The number of hydrogen-bond donors (Lipinski definition) is 2. The molecule has 3 aromatic rings. The molecular formula is C13H12N4OS2. The van der Waals surface area contributed by atoms with E-state index in [2.05, 4.69) is 15.3 Å². The number of aromatic nitrogens is 2. The summed E-state index contributed by atoms with van der Waals surface area (Å²) in [6.07, 6.45) is 3.38. The predicted molar refractivity (Wildman–Crippen MR) is 83.6 cm³/mol. The number of nitrogens with zero attached hydrogens (tertiary/aromatic N) is 2. The topological polar surface area (TPSA) is 80.9 Å². The molecule has 102 valence electrons. The monoisotopic (exact) mass is 304 g/mol. The first-order valence-corrected chi connectivity index (χ1v) is 7.57. The number of aryl methyl sites for hydroxylation is 2. The highest BCUT2D eigenvalue weighted by Gasteiger charge is 2.17. The third-order valence-electron chi connectivity index (χ3n) is 2.99. The van der Waals surface area contributed by atoms with Gasteiger partial charge < -0.3 is 5.73 Å². The van der Waals surface area contributed by atoms with Gasteiger partial charge in [0, 0.05) is 22.7 Å². The quantitative estimate of drug-likeness (QED) is 0.762. The van der Waals surface area contributed by atoms with Gasteiger partial charge in [-0.1, -0.05) is 0 Å². The molecule has 0 aliphatic rings. The van der Waals surface area contributed by atoms with E-state index in [0.717, 1.165) is 20.7 Å². The van der Waals surface area contributed by atoms with E-state index in [9.17, 15) is 4.79 Å². The number of fused-ring (bicyclic) bond motifs is 1. The van der Waals surface area contributed by atoms with E-state index >= 15 is 0 Å². The molecule has 5 nitrogen and oxygen atoms in total. The average molecular weight is 304 g/mol. The van der Waals surface area contributed by atoms with Gasteiger partial charge in [0.05, 0.1) is 16.1 Å². The lowest BCUT2D eigenvalue weighted by molar-refractivity contribution is 0.103. The molecule has 3 rings (SSSR count). The highest BCUT2D eigenvalue weighted by atomic mass is 32.1. The first-order chi connectivity index (χ1) is 9.56. The molecule has 0 saturated heterocycles. The summed E-state index contributed by atoms with van der Waals surface area (Å²) in [4.78, 5) is 22.2. The van der Waals surface area contributed by atoms with Crippen LogP contribution in [0.15, 0.2) is 18.5 Å². The minimum atomic E-state index is -0.225. The number of rotatable bonds is 2. The second kappa shape index (κ2) is 4.84. The van der Waals surface area contributed by atoms with Gasteiger partial charge in [0.15, 0.2) is 5.13 Å². The Labute approximate surface area is 123 Å². The molecule has 0 atom stereocenters. The molecule has 0 aromatic carbocycles. The Morgan fingerprint density at radius 2 is 2.15 bits per heavy atom. The van der Waals surface area contributed by atoms with Gasteiger partial charge in [-0.05, 0) is 19.9 Å². The molecule has 0 saturated carbocycles. The Bertz CT molecular complexity index is 786. The number of carbonyl (C=O) groups is 1. The molecule has 1 amide bonds. The van der Waals surface area contributed by atoms with E-state index < -0.39 is 0 Å². The van der Waals surface area contributed by atoms with Gasteiger partial charge in [-0.3, -0.25) is 15.1 Å². The standard InChI is InChI=1S/C13H12N4OS2/c1-6-7(2)19-13(16-6)17-12(18)11-10(14)8-3-4-15-5-9(8)20-11/h3-5H,14H2,1-2H3,(H,16,17,18). The van der Waals surface area contributed by atoms with Gasteiger partial charge in [0.1, 0.15) is 4.88 Å². The summed E-state index contributed by atoms with van der Waals surface area (Å²) in [5.74, 6) is -0.225. The van der Waals surface area contributed by atoms with Crippen LogP contribution in [0, 0.1) is 13.8 Å². The zero-order valence-corrected chi connectivity index (χ0v) is 12.6. The first kappa shape index (κ1) is 13.0. The van der Waals surface area contributed by atoms with Crippen LogP contribution < -0.4 is 11.1 Å². The second-order valence-electron chi connectivity index (χ2n) is 4.33. The maximum absolute atomic E-state index is 12.3. The van der Waals surface area contributed by atoms with E-state index in [1.54, 1.807) is 12.4 Å². The summed E-state index contributed by atoms with van der Waals surface area (Å²) in [5.41, 5.74) is 7.46. The fourth-order valence-corrected chi connectivity index (χ4v) is 3.61. The van der Waals surface area contributed by atoms with Crippen LogP contribution in [0.4, 0.5) is 10.8 Å². The van der Waals surface area contributed by atoms with E-state index in [4.69, 9.17) is 5.73 Å². The highest BCUT2D eigenvalue weighted by Crippen LogP contribution is 2.33. The van der Waals surface area contributed by atoms with Gasteiger partial charge in [-0.2, -0.15) is 0 Å². The van der Waals surface area contributed by atoms with Crippen LogP contribution >= 0.6 is 22.7 Å². The molecule has 0 fully saturated rings. The zero-order valence-electron chi connectivity index (χ0n) is 10.9. The Morgan fingerprint density at radius 1 is 1.35 bits per heavy atom. The van der Waals surface area contributed by atoms with E-state index in [1.165, 1.54) is 22.7 Å². The van der Waals surface area contributed by atoms with Crippen LogP contribution in [0.25, 0.3) is 10.1 Å². The third-order valence-corrected chi connectivity index (χ3v) is 5.13. The average Bonchev–Trinajstić information content (AvgIpc) is 2.91. The van der Waals surface area contributed by atoms with Crippen molar-refractivity contribution in [3.05, 3.63) is 33.9 Å². The minimum absolute atomic E-state index is 0.225. The number of amides is 1. The Morgan fingerprint density at radius 3 is 2.80 bits per heavy atom. The van der Waals surface area contributed by atoms with Crippen molar-refractivity contribution < 1.29 is 4.79 Å². The number of thiophene rings is 1. The molecule has 3 aromatic heterocycles. The van der Waals surface area contributed by atoms with Crippen molar-refractivity contribution in [1.82, 2.24) is 9.97 Å². The lowest BCUT2D eigenvalue weighted by Gasteiger charge is -1.99. The van der Waals surface area contributed by atoms with Gasteiger partial charge in [0.2, 0.25) is 0 Å². The molecule has 0 aliphatic heterocycles. The van der Waals surface area contributed by atoms with Crippen molar-refractivity contribution in [2.45, 2.75) is 13.8 Å². The molecule has 0 aliphatic carbocycles. The number of carbonyl (C=O) groups excluding carboxylic acids is 1. The largest absolute Gasteiger partial charge is 0.397 e. The van der Waals surface area contributed by atoms with Crippen molar-refractivity contribution in [3.8, 4) is 0 Å². The summed E-state index contributed by atoms with van der Waals surface area (Å²) < 4.78 is 0.904. The number of hydrogen-bond acceptors (Lipinski definition) is 6. The van der Waals surface area contributed by atoms with Crippen molar-refractivity contribution in [2.75, 3.05) is 11.1 Å². The van der Waals surface area contributed by atoms with Crippen molar-refractivity contribution in [2.24, 2.45) is 0 Å². The van der Waals surface area contributed by atoms with Crippen LogP contribution in [-0.4, -0.2) is 15.9 Å². The first-order valence-electron chi connectivity index (χ1n) is 5.93. The number of nitrogens with two attached hydrogens (primary N) is 1. The summed E-state index contributed by atoms with van der Waals surface area (Å²) in [6.45, 7) is 3.89. The van der Waals surface area contributed by atoms with Gasteiger partial charge in [-0.25, -0.2) is 4.98 Å². The number of nitrogen functional groups attached to an aromatic ring is 1. The van der Waals surface area contributed by atoms with Crippen molar-refractivity contribution in [3.63, 3.8) is 0 Å². The summed E-state index contributed by atoms with van der Waals surface area (Å²) in [5, 5.41) is 4.26. The van der Waals surface area contributed by atoms with Crippen LogP contribution in [0.1, 0.15) is 20.2 Å². The molecule has 0 bridgehead atoms. The van der Waals surface area contributed by atoms with E-state index in [0.29, 0.717) is 15.7 Å². The van der Waals surface area contributed by atoms with E-state index in [1.807, 2.05) is 19.9 Å². The molecule has 3 heterocycles. The van der Waals surface area contributed by atoms with Crippen LogP contribution in [0.3, 0.4) is 0 Å². The third kappa shape index (κ3) is 2.14. The molecule has 0 unspecified atom stereocenters. The maximum atomic E-state index is 12.3. The lowest BCUT2D eigenvalue weighted by Crippen LogP contribution is -2.11. The normalized spacial score (nSPS) is 10.9. The zero-order chi connectivity index (χ0) is 14.3. The Hall–Kier alpha value is -1.99. The molecule has 0 spiro atoms. The molecule has 7 heteroatoms. The highest BCUT2D eigenvalue weighted by molar-refractivity contribution is 7.21. The Balaban J connectivity index is 1.94. The van der Waals surface area contributed by atoms with Crippen LogP contribution in [-0.2, 0) is 0 Å². The van der Waals surface area contributed by atoms with E-state index in [-0.39, 0.29) is 5.91 Å². The summed E-state index contributed by atoms with van der Waals surface area (Å²) in [6, 6.07) is 1.82. The predicted octanol–water partition coefficient (Wildman–Crippen LogP) is 3.20. The van der Waals surface area contributed by atoms with Gasteiger partial charge in [-0.15, -0.1) is 22.7 Å². The lowest BCUT2D eigenvalue weighted by atomic mass is 10.2. The summed E-state index contributed by atoms with van der Waals surface area (Å²) in [7, 11) is 0. The fraction of sp³-hybridized carbons (Fsp3) is 0.154. The maximum Gasteiger partial charge on any atom is 0.269 e. The van der Waals surface area contributed by atoms with Crippen molar-refractivity contribution in [1.29, 1.82) is 0 Å². The molecule has 0 radical (unpaired) electrons. The Kier molecular flexibility index (Phi) is 3.15. The smallest absolute Gasteiger partial charge is 0.269 e. The minimum Gasteiger partial charge on any atom is -0.397 e. The van der Waals surface area contributed by atoms with Gasteiger partial charge in [0.25, 0.3) is 5.91 Å². The second-order valence-corrected chi connectivity index (χ2v) is 6.59.